The Labute approximate surface area is 132 Å². The van der Waals surface area contributed by atoms with Crippen LogP contribution in [0.15, 0.2) is 24.3 Å². The molecule has 4 nitrogen and oxygen atoms in total. The third-order valence-corrected chi connectivity index (χ3v) is 4.76. The number of rotatable bonds is 4. The van der Waals surface area contributed by atoms with Gasteiger partial charge in [-0.3, -0.25) is 4.79 Å². The zero-order chi connectivity index (χ0) is 16.5. The number of para-hydroxylation sites is 1. The van der Waals surface area contributed by atoms with Crippen molar-refractivity contribution >= 4 is 5.91 Å². The van der Waals surface area contributed by atoms with Gasteiger partial charge in [0, 0.05) is 18.0 Å². The normalized spacial score (nSPS) is 22.7. The molecule has 2 fully saturated rings. The second-order valence-electron chi connectivity index (χ2n) is 6.24. The van der Waals surface area contributed by atoms with E-state index in [1.165, 1.54) is 18.2 Å². The van der Waals surface area contributed by atoms with Gasteiger partial charge in [-0.05, 0) is 43.8 Å². The van der Waals surface area contributed by atoms with Gasteiger partial charge >= 0.3 is 6.36 Å². The zero-order valence-electron chi connectivity index (χ0n) is 12.6. The monoisotopic (exact) mass is 328 g/mol. The van der Waals surface area contributed by atoms with Gasteiger partial charge in [-0.15, -0.1) is 13.2 Å². The van der Waals surface area contributed by atoms with Crippen molar-refractivity contribution in [2.75, 3.05) is 13.1 Å². The molecule has 0 bridgehead atoms. The summed E-state index contributed by atoms with van der Waals surface area (Å²) in [5.41, 5.74) is 0.426. The van der Waals surface area contributed by atoms with Crippen molar-refractivity contribution in [2.24, 2.45) is 11.3 Å². The average molecular weight is 328 g/mol. The second kappa shape index (κ2) is 6.03. The fourth-order valence-corrected chi connectivity index (χ4v) is 3.38. The Bertz CT molecular complexity index is 583. The van der Waals surface area contributed by atoms with E-state index in [9.17, 15) is 18.0 Å². The van der Waals surface area contributed by atoms with Crippen LogP contribution in [0.2, 0.25) is 0 Å². The highest BCUT2D eigenvalue weighted by molar-refractivity contribution is 5.82. The van der Waals surface area contributed by atoms with Crippen molar-refractivity contribution in [3.05, 3.63) is 29.8 Å². The highest BCUT2D eigenvalue weighted by atomic mass is 19.4. The summed E-state index contributed by atoms with van der Waals surface area (Å²) in [4.78, 5) is 12.3. The third kappa shape index (κ3) is 3.77. The van der Waals surface area contributed by atoms with E-state index >= 15 is 0 Å². The molecule has 1 spiro atoms. The van der Waals surface area contributed by atoms with E-state index < -0.39 is 6.36 Å². The SMILES string of the molecule is O=C(NCc1ccccc1OC(F)(F)F)C1CC12CCNCC2. The van der Waals surface area contributed by atoms with E-state index in [0.717, 1.165) is 32.4 Å². The van der Waals surface area contributed by atoms with Crippen molar-refractivity contribution in [1.29, 1.82) is 0 Å². The predicted molar refractivity (Wildman–Crippen MR) is 77.6 cm³/mol. The average Bonchev–Trinajstić information content (AvgIpc) is 3.18. The number of hydrogen-bond donors (Lipinski definition) is 2. The first-order chi connectivity index (χ1) is 10.9. The maximum atomic E-state index is 12.4. The quantitative estimate of drug-likeness (QED) is 0.893. The fourth-order valence-electron chi connectivity index (χ4n) is 3.38. The van der Waals surface area contributed by atoms with Gasteiger partial charge in [0.2, 0.25) is 5.91 Å². The predicted octanol–water partition coefficient (Wildman–Crippen LogP) is 2.59. The van der Waals surface area contributed by atoms with E-state index in [1.54, 1.807) is 6.07 Å². The molecule has 1 aromatic carbocycles. The molecule has 0 aromatic heterocycles. The Morgan fingerprint density at radius 3 is 2.70 bits per heavy atom. The van der Waals surface area contributed by atoms with Crippen LogP contribution >= 0.6 is 0 Å². The van der Waals surface area contributed by atoms with Crippen LogP contribution in [-0.2, 0) is 11.3 Å². The van der Waals surface area contributed by atoms with Gasteiger partial charge in [-0.1, -0.05) is 18.2 Å². The maximum absolute atomic E-state index is 12.4. The minimum absolute atomic E-state index is 0.0136. The molecule has 1 saturated heterocycles. The molecule has 1 heterocycles. The first-order valence-corrected chi connectivity index (χ1v) is 7.72. The van der Waals surface area contributed by atoms with Crippen LogP contribution < -0.4 is 15.4 Å². The summed E-state index contributed by atoms with van der Waals surface area (Å²) in [6.45, 7) is 1.88. The Balaban J connectivity index is 1.58. The molecule has 126 valence electrons. The maximum Gasteiger partial charge on any atom is 0.573 e. The standard InChI is InChI=1S/C16H19F3N2O2/c17-16(18,19)23-13-4-2-1-3-11(13)10-21-14(22)12-9-15(12)5-7-20-8-6-15/h1-4,12,20H,5-10H2,(H,21,22). The van der Waals surface area contributed by atoms with E-state index in [4.69, 9.17) is 0 Å². The molecular weight excluding hydrogens is 309 g/mol. The molecular formula is C16H19F3N2O2. The number of hydrogen-bond acceptors (Lipinski definition) is 3. The van der Waals surface area contributed by atoms with Gasteiger partial charge in [-0.2, -0.15) is 0 Å². The van der Waals surface area contributed by atoms with Crippen LogP contribution in [0.1, 0.15) is 24.8 Å². The molecule has 2 N–H and O–H groups in total. The first kappa shape index (κ1) is 16.1. The zero-order valence-corrected chi connectivity index (χ0v) is 12.6. The van der Waals surface area contributed by atoms with Gasteiger partial charge in [0.15, 0.2) is 0 Å². The number of ether oxygens (including phenoxy) is 1. The fraction of sp³-hybridized carbons (Fsp3) is 0.562. The Hall–Kier alpha value is -1.76. The largest absolute Gasteiger partial charge is 0.573 e. The summed E-state index contributed by atoms with van der Waals surface area (Å²) in [5.74, 6) is -0.360. The van der Waals surface area contributed by atoms with Crippen LogP contribution in [0.25, 0.3) is 0 Å². The van der Waals surface area contributed by atoms with Crippen LogP contribution in [0.3, 0.4) is 0 Å². The smallest absolute Gasteiger partial charge is 0.405 e. The molecule has 23 heavy (non-hydrogen) atoms. The van der Waals surface area contributed by atoms with Crippen molar-refractivity contribution in [3.8, 4) is 5.75 Å². The lowest BCUT2D eigenvalue weighted by Crippen LogP contribution is -2.33. The van der Waals surface area contributed by atoms with Gasteiger partial charge in [0.1, 0.15) is 5.75 Å². The number of carbonyl (C=O) groups is 1. The highest BCUT2D eigenvalue weighted by Gasteiger charge is 2.57. The van der Waals surface area contributed by atoms with Gasteiger partial charge < -0.3 is 15.4 Å². The topological polar surface area (TPSA) is 50.4 Å². The van der Waals surface area contributed by atoms with Crippen molar-refractivity contribution < 1.29 is 22.7 Å². The molecule has 1 atom stereocenters. The van der Waals surface area contributed by atoms with E-state index in [-0.39, 0.29) is 29.5 Å². The van der Waals surface area contributed by atoms with Crippen LogP contribution in [-0.4, -0.2) is 25.4 Å². The number of halogens is 3. The molecule has 1 saturated carbocycles. The molecule has 0 radical (unpaired) electrons. The van der Waals surface area contributed by atoms with Crippen LogP contribution in [0.5, 0.6) is 5.75 Å². The van der Waals surface area contributed by atoms with Crippen molar-refractivity contribution in [3.63, 3.8) is 0 Å². The number of piperidine rings is 1. The minimum atomic E-state index is -4.74. The number of alkyl halides is 3. The van der Waals surface area contributed by atoms with E-state index in [2.05, 4.69) is 15.4 Å². The van der Waals surface area contributed by atoms with Crippen LogP contribution in [0, 0.1) is 11.3 Å². The molecule has 1 aliphatic carbocycles. The minimum Gasteiger partial charge on any atom is -0.405 e. The summed E-state index contributed by atoms with van der Waals surface area (Å²) in [5, 5.41) is 6.02. The Morgan fingerprint density at radius 1 is 1.30 bits per heavy atom. The molecule has 2 aliphatic rings. The lowest BCUT2D eigenvalue weighted by molar-refractivity contribution is -0.274. The highest BCUT2D eigenvalue weighted by Crippen LogP contribution is 2.58. The summed E-state index contributed by atoms with van der Waals surface area (Å²) in [6.07, 6.45) is -1.89. The molecule has 1 aromatic rings. The number of amides is 1. The number of nitrogens with one attached hydrogen (secondary N) is 2. The van der Waals surface area contributed by atoms with Crippen LogP contribution in [0.4, 0.5) is 13.2 Å². The second-order valence-corrected chi connectivity index (χ2v) is 6.24. The number of benzene rings is 1. The van der Waals surface area contributed by atoms with Crippen molar-refractivity contribution in [1.82, 2.24) is 10.6 Å². The summed E-state index contributed by atoms with van der Waals surface area (Å²) in [6, 6.07) is 5.86. The molecule has 7 heteroatoms. The van der Waals surface area contributed by atoms with E-state index in [1.807, 2.05) is 0 Å². The Morgan fingerprint density at radius 2 is 2.00 bits per heavy atom. The van der Waals surface area contributed by atoms with Gasteiger partial charge in [-0.25, -0.2) is 0 Å². The van der Waals surface area contributed by atoms with Gasteiger partial charge in [0.05, 0.1) is 0 Å². The molecule has 1 amide bonds. The third-order valence-electron chi connectivity index (χ3n) is 4.76. The Kier molecular flexibility index (Phi) is 4.23. The summed E-state index contributed by atoms with van der Waals surface area (Å²) >= 11 is 0. The molecule has 1 unspecified atom stereocenters. The summed E-state index contributed by atoms with van der Waals surface area (Å²) in [7, 11) is 0. The lowest BCUT2D eigenvalue weighted by atomic mass is 9.92. The first-order valence-electron chi connectivity index (χ1n) is 7.72. The number of carbonyl (C=O) groups excluding carboxylic acids is 1. The molecule has 3 rings (SSSR count). The molecule has 1 aliphatic heterocycles. The van der Waals surface area contributed by atoms with E-state index in [0.29, 0.717) is 5.56 Å². The van der Waals surface area contributed by atoms with Crippen molar-refractivity contribution in [2.45, 2.75) is 32.2 Å². The lowest BCUT2D eigenvalue weighted by Gasteiger charge is -2.23. The summed E-state index contributed by atoms with van der Waals surface area (Å²) < 4.78 is 41.1. The van der Waals surface area contributed by atoms with Gasteiger partial charge in [0.25, 0.3) is 0 Å².